The highest BCUT2D eigenvalue weighted by Gasteiger charge is 2.58. The second-order valence-corrected chi connectivity index (χ2v) is 19.3. The smallest absolute Gasteiger partial charge is 0.338 e. The number of ether oxygens (including phenoxy) is 10. The van der Waals surface area contributed by atoms with Crippen molar-refractivity contribution in [2.75, 3.05) is 20.3 Å². The summed E-state index contributed by atoms with van der Waals surface area (Å²) in [4.78, 5) is 99.2. The Balaban J connectivity index is 1.17. The average Bonchev–Trinajstić information content (AvgIpc) is 3.55. The van der Waals surface area contributed by atoms with Gasteiger partial charge >= 0.3 is 41.8 Å². The molecule has 2 aliphatic heterocycles. The highest BCUT2D eigenvalue weighted by molar-refractivity contribution is 8.00. The van der Waals surface area contributed by atoms with Crippen LogP contribution in [-0.4, -0.2) is 122 Å². The van der Waals surface area contributed by atoms with Gasteiger partial charge in [-0.2, -0.15) is 0 Å². The van der Waals surface area contributed by atoms with Crippen molar-refractivity contribution in [1.82, 2.24) is 0 Å². The topological polar surface area (TPSA) is 212 Å². The Bertz CT molecular complexity index is 3190. The van der Waals surface area contributed by atoms with Crippen molar-refractivity contribution in [2.24, 2.45) is 0 Å². The van der Waals surface area contributed by atoms with Gasteiger partial charge in [-0.3, -0.25) is 0 Å². The highest BCUT2D eigenvalue weighted by atomic mass is 32.2. The first kappa shape index (κ1) is 55.8. The number of carbonyl (C=O) groups excluding carboxylic acids is 7. The standard InChI is InChI=1S/C62H52O17S/c1-70-61-53(51(78-59(68)44-33-19-7-20-34-44)49(76-57(66)42-29-15-5-16-30-42)46(73-61)37-71-54(63)39-23-9-2-10-24-39)80-62-52(79-60(69)45-35-21-8-22-36-45)50(77-58(67)43-31-17-6-18-32-43)48(75-56(65)41-27-13-4-14-28-41)47(74-62)38-72-55(64)40-25-11-3-12-26-40/h2-36,46-53,61-62H,37-38H2,1H3/t46-,47-,48-,49-,50+,51+,52-,53-,61?,62+/m1/s1. The Hall–Kier alpha value is -8.94. The lowest BCUT2D eigenvalue weighted by Gasteiger charge is -2.48. The fourth-order valence-electron chi connectivity index (χ4n) is 8.76. The summed E-state index contributed by atoms with van der Waals surface area (Å²) in [5.74, 6) is -6.08. The molecule has 0 N–H and O–H groups in total. The molecule has 1 unspecified atom stereocenters. The number of hydrogen-bond donors (Lipinski definition) is 0. The zero-order valence-electron chi connectivity index (χ0n) is 42.7. The number of methoxy groups -OCH3 is 1. The number of esters is 7. The van der Waals surface area contributed by atoms with Crippen LogP contribution in [-0.2, 0) is 47.4 Å². The fraction of sp³-hybridized carbons (Fsp3) is 0.210. The quantitative estimate of drug-likeness (QED) is 0.0546. The summed E-state index contributed by atoms with van der Waals surface area (Å²) >= 11 is 0.795. The van der Waals surface area contributed by atoms with Gasteiger partial charge < -0.3 is 47.4 Å². The maximum absolute atomic E-state index is 14.5. The number of benzene rings is 7. The van der Waals surface area contributed by atoms with E-state index in [2.05, 4.69) is 0 Å². The third-order valence-electron chi connectivity index (χ3n) is 12.7. The van der Waals surface area contributed by atoms with Gasteiger partial charge in [0.15, 0.2) is 36.8 Å². The predicted molar refractivity (Wildman–Crippen MR) is 287 cm³/mol. The van der Waals surface area contributed by atoms with Crippen LogP contribution < -0.4 is 0 Å². The van der Waals surface area contributed by atoms with Crippen LogP contribution in [0.4, 0.5) is 0 Å². The average molecular weight is 1100 g/mol. The van der Waals surface area contributed by atoms with Crippen molar-refractivity contribution in [3.63, 3.8) is 0 Å². The van der Waals surface area contributed by atoms with E-state index in [0.29, 0.717) is 0 Å². The molecule has 408 valence electrons. The maximum atomic E-state index is 14.5. The Morgan fingerprint density at radius 3 is 0.925 bits per heavy atom. The molecule has 0 radical (unpaired) electrons. The first-order chi connectivity index (χ1) is 39.0. The van der Waals surface area contributed by atoms with Gasteiger partial charge in [0.1, 0.15) is 30.9 Å². The van der Waals surface area contributed by atoms with Gasteiger partial charge in [0.05, 0.1) is 44.2 Å². The summed E-state index contributed by atoms with van der Waals surface area (Å²) in [7, 11) is 1.29. The molecular weight excluding hydrogens is 1050 g/mol. The molecule has 18 heteroatoms. The van der Waals surface area contributed by atoms with E-state index in [0.717, 1.165) is 11.8 Å². The first-order valence-corrected chi connectivity index (χ1v) is 26.2. The second-order valence-electron chi connectivity index (χ2n) is 18.0. The van der Waals surface area contributed by atoms with Gasteiger partial charge in [-0.05, 0) is 84.9 Å². The van der Waals surface area contributed by atoms with Crippen LogP contribution >= 0.6 is 11.8 Å². The molecule has 0 aliphatic carbocycles. The minimum Gasteiger partial charge on any atom is -0.459 e. The van der Waals surface area contributed by atoms with E-state index in [1.165, 1.54) is 79.9 Å². The largest absolute Gasteiger partial charge is 0.459 e. The molecule has 2 fully saturated rings. The van der Waals surface area contributed by atoms with Crippen LogP contribution in [0.2, 0.25) is 0 Å². The molecule has 2 heterocycles. The number of hydrogen-bond acceptors (Lipinski definition) is 18. The lowest BCUT2D eigenvalue weighted by Crippen LogP contribution is -2.64. The molecule has 17 nitrogen and oxygen atoms in total. The van der Waals surface area contributed by atoms with E-state index in [9.17, 15) is 33.6 Å². The zero-order chi connectivity index (χ0) is 55.8. The molecule has 10 atom stereocenters. The van der Waals surface area contributed by atoms with Crippen LogP contribution in [0.15, 0.2) is 212 Å². The summed E-state index contributed by atoms with van der Waals surface area (Å²) in [5, 5.41) is -1.37. The molecule has 0 aromatic heterocycles. The zero-order valence-corrected chi connectivity index (χ0v) is 43.6. The van der Waals surface area contributed by atoms with Gasteiger partial charge in [0.25, 0.3) is 0 Å². The van der Waals surface area contributed by atoms with E-state index < -0.39 is 115 Å². The molecule has 7 aromatic carbocycles. The number of thioether (sulfide) groups is 1. The van der Waals surface area contributed by atoms with Crippen molar-refractivity contribution >= 4 is 53.5 Å². The minimum atomic E-state index is -1.78. The van der Waals surface area contributed by atoms with Gasteiger partial charge in [0.2, 0.25) is 0 Å². The Labute approximate surface area is 463 Å². The van der Waals surface area contributed by atoms with Gasteiger partial charge in [-0.15, -0.1) is 11.8 Å². The van der Waals surface area contributed by atoms with E-state index in [-0.39, 0.29) is 38.9 Å². The molecule has 2 aliphatic rings. The lowest BCUT2D eigenvalue weighted by atomic mass is 9.98. The van der Waals surface area contributed by atoms with Crippen molar-refractivity contribution in [3.8, 4) is 0 Å². The first-order valence-electron chi connectivity index (χ1n) is 25.3. The van der Waals surface area contributed by atoms with E-state index in [1.54, 1.807) is 140 Å². The van der Waals surface area contributed by atoms with Crippen LogP contribution in [0.25, 0.3) is 0 Å². The number of carbonyl (C=O) groups is 7. The van der Waals surface area contributed by atoms with Crippen LogP contribution in [0.5, 0.6) is 0 Å². The fourth-order valence-corrected chi connectivity index (χ4v) is 10.3. The summed E-state index contributed by atoms with van der Waals surface area (Å²) in [5.41, 5.74) is -0.815. The predicted octanol–water partition coefficient (Wildman–Crippen LogP) is 9.03. The van der Waals surface area contributed by atoms with Crippen molar-refractivity contribution < 1.29 is 80.9 Å². The van der Waals surface area contributed by atoms with E-state index >= 15 is 0 Å². The highest BCUT2D eigenvalue weighted by Crippen LogP contribution is 2.43. The van der Waals surface area contributed by atoms with Crippen molar-refractivity contribution in [1.29, 1.82) is 0 Å². The summed E-state index contributed by atoms with van der Waals surface area (Å²) < 4.78 is 62.8. The maximum Gasteiger partial charge on any atom is 0.338 e. The Kier molecular flexibility index (Phi) is 18.9. The van der Waals surface area contributed by atoms with Crippen molar-refractivity contribution in [2.45, 2.75) is 59.7 Å². The number of rotatable bonds is 19. The summed E-state index contributed by atoms with van der Waals surface area (Å²) in [6.07, 6.45) is -12.8. The summed E-state index contributed by atoms with van der Waals surface area (Å²) in [6, 6.07) is 55.7. The van der Waals surface area contributed by atoms with Crippen molar-refractivity contribution in [3.05, 3.63) is 251 Å². The van der Waals surface area contributed by atoms with Gasteiger partial charge in [-0.25, -0.2) is 33.6 Å². The Morgan fingerprint density at radius 1 is 0.338 bits per heavy atom. The summed E-state index contributed by atoms with van der Waals surface area (Å²) in [6.45, 7) is -1.21. The molecule has 2 saturated heterocycles. The van der Waals surface area contributed by atoms with Gasteiger partial charge in [-0.1, -0.05) is 127 Å². The molecule has 0 bridgehead atoms. The third-order valence-corrected chi connectivity index (χ3v) is 14.2. The molecule has 0 spiro atoms. The van der Waals surface area contributed by atoms with Crippen LogP contribution in [0.3, 0.4) is 0 Å². The van der Waals surface area contributed by atoms with Gasteiger partial charge in [0, 0.05) is 7.11 Å². The van der Waals surface area contributed by atoms with Crippen LogP contribution in [0, 0.1) is 0 Å². The monoisotopic (exact) mass is 1100 g/mol. The third kappa shape index (κ3) is 14.0. The van der Waals surface area contributed by atoms with Crippen LogP contribution in [0.1, 0.15) is 72.5 Å². The SMILES string of the molecule is COC1O[C@H](COC(=O)c2ccccc2)[C@@H](OC(=O)c2ccccc2)[C@H](OC(=O)c2ccccc2)[C@H]1S[C@@H]1O[C@H](COC(=O)c2ccccc2)[C@@H](OC(=O)c2ccccc2)[C@H](OC(=O)c2ccccc2)[C@H]1OC(=O)c1ccccc1. The normalized spacial score (nSPS) is 22.3. The van der Waals surface area contributed by atoms with E-state index in [4.69, 9.17) is 47.4 Å². The second kappa shape index (κ2) is 27.1. The molecule has 0 saturated carbocycles. The lowest BCUT2D eigenvalue weighted by molar-refractivity contribution is -0.245. The molecule has 0 amide bonds. The van der Waals surface area contributed by atoms with E-state index in [1.807, 2.05) is 0 Å². The molecular formula is C62H52O17S. The molecule has 80 heavy (non-hydrogen) atoms. The minimum absolute atomic E-state index is 0.0617. The Morgan fingerprint density at radius 2 is 0.600 bits per heavy atom. The molecule has 9 rings (SSSR count). The molecule has 7 aromatic rings.